The summed E-state index contributed by atoms with van der Waals surface area (Å²) in [5.41, 5.74) is 4.98. The van der Waals surface area contributed by atoms with Gasteiger partial charge in [0, 0.05) is 13.2 Å². The molecule has 1 aromatic carbocycles. The van der Waals surface area contributed by atoms with Gasteiger partial charge in [-0.1, -0.05) is 0 Å². The zero-order valence-electron chi connectivity index (χ0n) is 11.6. The molecule has 0 amide bonds. The van der Waals surface area contributed by atoms with Gasteiger partial charge in [-0.3, -0.25) is 0 Å². The number of hydrogen-bond acceptors (Lipinski definition) is 5. The second kappa shape index (κ2) is 5.63. The lowest BCUT2D eigenvalue weighted by atomic mass is 10.0. The Morgan fingerprint density at radius 1 is 1.52 bits per heavy atom. The fourth-order valence-corrected chi connectivity index (χ4v) is 3.50. The Labute approximate surface area is 123 Å². The van der Waals surface area contributed by atoms with E-state index in [1.807, 2.05) is 6.92 Å². The number of carboxylic acid groups (broad SMARTS) is 1. The number of nitrogen functional groups attached to an aromatic ring is 1. The highest BCUT2D eigenvalue weighted by Crippen LogP contribution is 2.25. The van der Waals surface area contributed by atoms with E-state index in [1.54, 1.807) is 0 Å². The fourth-order valence-electron chi connectivity index (χ4n) is 2.23. The molecule has 1 heterocycles. The number of sulfonamides is 1. The Morgan fingerprint density at radius 2 is 2.24 bits per heavy atom. The molecule has 0 aromatic heterocycles. The zero-order valence-corrected chi connectivity index (χ0v) is 12.4. The number of carbonyl (C=O) groups is 1. The zero-order chi connectivity index (χ0) is 15.7. The smallest absolute Gasteiger partial charge is 0.335 e. The lowest BCUT2D eigenvalue weighted by Crippen LogP contribution is -2.40. The van der Waals surface area contributed by atoms with Crippen molar-refractivity contribution in [3.63, 3.8) is 0 Å². The van der Waals surface area contributed by atoms with E-state index in [2.05, 4.69) is 4.72 Å². The average molecular weight is 314 g/mol. The molecular formula is C13H18N2O5S. The number of carboxylic acids is 1. The lowest BCUT2D eigenvalue weighted by Gasteiger charge is -2.23. The molecule has 1 unspecified atom stereocenters. The second-order valence-electron chi connectivity index (χ2n) is 5.28. The molecule has 0 aliphatic carbocycles. The highest BCUT2D eigenvalue weighted by molar-refractivity contribution is 7.89. The van der Waals surface area contributed by atoms with Crippen molar-refractivity contribution in [3.8, 4) is 0 Å². The molecule has 2 rings (SSSR count). The van der Waals surface area contributed by atoms with Crippen LogP contribution in [0.15, 0.2) is 23.1 Å². The maximum atomic E-state index is 12.2. The highest BCUT2D eigenvalue weighted by atomic mass is 32.2. The van der Waals surface area contributed by atoms with Crippen molar-refractivity contribution in [2.75, 3.05) is 18.9 Å². The Kier molecular flexibility index (Phi) is 4.22. The van der Waals surface area contributed by atoms with E-state index in [0.29, 0.717) is 6.61 Å². The molecule has 0 spiro atoms. The van der Waals surface area contributed by atoms with Crippen molar-refractivity contribution in [1.29, 1.82) is 0 Å². The summed E-state index contributed by atoms with van der Waals surface area (Å²) in [6, 6.07) is 3.53. The highest BCUT2D eigenvalue weighted by Gasteiger charge is 2.31. The molecule has 4 N–H and O–H groups in total. The first-order valence-electron chi connectivity index (χ1n) is 6.50. The first-order chi connectivity index (χ1) is 9.73. The minimum atomic E-state index is -3.81. The van der Waals surface area contributed by atoms with Gasteiger partial charge in [-0.05, 0) is 38.0 Å². The van der Waals surface area contributed by atoms with Gasteiger partial charge in [0.15, 0.2) is 0 Å². The minimum Gasteiger partial charge on any atom is -0.478 e. The Bertz CT molecular complexity index is 651. The number of ether oxygens (including phenoxy) is 1. The van der Waals surface area contributed by atoms with Crippen LogP contribution < -0.4 is 10.5 Å². The summed E-state index contributed by atoms with van der Waals surface area (Å²) in [5, 5.41) is 8.85. The molecule has 0 saturated carbocycles. The van der Waals surface area contributed by atoms with E-state index in [-0.39, 0.29) is 22.7 Å². The summed E-state index contributed by atoms with van der Waals surface area (Å²) in [7, 11) is -3.81. The van der Waals surface area contributed by atoms with Gasteiger partial charge in [-0.25, -0.2) is 17.9 Å². The van der Waals surface area contributed by atoms with Crippen LogP contribution in [0.25, 0.3) is 0 Å². The summed E-state index contributed by atoms with van der Waals surface area (Å²) >= 11 is 0. The van der Waals surface area contributed by atoms with Gasteiger partial charge in [-0.2, -0.15) is 0 Å². The quantitative estimate of drug-likeness (QED) is 0.692. The normalized spacial score (nSPS) is 22.3. The molecule has 1 aliphatic rings. The summed E-state index contributed by atoms with van der Waals surface area (Å²) in [4.78, 5) is 10.7. The lowest BCUT2D eigenvalue weighted by molar-refractivity contribution is 0.0250. The van der Waals surface area contributed by atoms with Crippen LogP contribution in [0.4, 0.5) is 5.69 Å². The largest absolute Gasteiger partial charge is 0.478 e. The van der Waals surface area contributed by atoms with Gasteiger partial charge in [-0.15, -0.1) is 0 Å². The second-order valence-corrected chi connectivity index (χ2v) is 7.02. The van der Waals surface area contributed by atoms with Crippen molar-refractivity contribution in [1.82, 2.24) is 4.72 Å². The van der Waals surface area contributed by atoms with Gasteiger partial charge in [0.25, 0.3) is 0 Å². The molecule has 1 atom stereocenters. The van der Waals surface area contributed by atoms with E-state index >= 15 is 0 Å². The van der Waals surface area contributed by atoms with Crippen LogP contribution in [0.2, 0.25) is 0 Å². The molecular weight excluding hydrogens is 296 g/mol. The predicted molar refractivity (Wildman–Crippen MR) is 76.6 cm³/mol. The molecule has 1 aliphatic heterocycles. The number of rotatable bonds is 5. The minimum absolute atomic E-state index is 0.0578. The van der Waals surface area contributed by atoms with Crippen LogP contribution in [0, 0.1) is 0 Å². The first-order valence-corrected chi connectivity index (χ1v) is 7.98. The number of benzene rings is 1. The monoisotopic (exact) mass is 314 g/mol. The van der Waals surface area contributed by atoms with E-state index < -0.39 is 21.6 Å². The van der Waals surface area contributed by atoms with Gasteiger partial charge in [0.2, 0.25) is 10.0 Å². The van der Waals surface area contributed by atoms with Crippen molar-refractivity contribution in [2.45, 2.75) is 30.3 Å². The average Bonchev–Trinajstić information content (AvgIpc) is 2.84. The third-order valence-corrected chi connectivity index (χ3v) is 4.96. The van der Waals surface area contributed by atoms with Gasteiger partial charge < -0.3 is 15.6 Å². The van der Waals surface area contributed by atoms with E-state index in [9.17, 15) is 13.2 Å². The number of hydrogen-bond donors (Lipinski definition) is 3. The summed E-state index contributed by atoms with van der Waals surface area (Å²) < 4.78 is 32.5. The number of nitrogens with one attached hydrogen (secondary N) is 1. The van der Waals surface area contributed by atoms with Crippen LogP contribution >= 0.6 is 0 Å². The van der Waals surface area contributed by atoms with Crippen LogP contribution in [-0.4, -0.2) is 38.2 Å². The standard InChI is InChI=1S/C13H18N2O5S/c1-13(5-2-6-20-13)8-15-21(18,19)11-4-3-9(12(16)17)7-10(11)14/h3-4,7,15H,2,5-6,8,14H2,1H3,(H,16,17). The maximum absolute atomic E-state index is 12.2. The van der Waals surface area contributed by atoms with Crippen LogP contribution in [0.1, 0.15) is 30.1 Å². The summed E-state index contributed by atoms with van der Waals surface area (Å²) in [5.74, 6) is -1.16. The molecule has 1 fully saturated rings. The molecule has 0 radical (unpaired) electrons. The number of anilines is 1. The molecule has 1 saturated heterocycles. The molecule has 21 heavy (non-hydrogen) atoms. The van der Waals surface area contributed by atoms with Crippen molar-refractivity contribution in [3.05, 3.63) is 23.8 Å². The molecule has 7 nitrogen and oxygen atoms in total. The fraction of sp³-hybridized carbons (Fsp3) is 0.462. The predicted octanol–water partition coefficient (Wildman–Crippen LogP) is 0.814. The molecule has 1 aromatic rings. The third-order valence-electron chi connectivity index (χ3n) is 3.48. The van der Waals surface area contributed by atoms with Gasteiger partial charge in [0.1, 0.15) is 4.90 Å². The maximum Gasteiger partial charge on any atom is 0.335 e. The van der Waals surface area contributed by atoms with Crippen molar-refractivity contribution >= 4 is 21.7 Å². The molecule has 0 bridgehead atoms. The first kappa shape index (κ1) is 15.7. The summed E-state index contributed by atoms with van der Waals surface area (Å²) in [6.45, 7) is 2.61. The molecule has 116 valence electrons. The Hall–Kier alpha value is -1.64. The van der Waals surface area contributed by atoms with Gasteiger partial charge in [0.05, 0.1) is 16.9 Å². The van der Waals surface area contributed by atoms with Crippen LogP contribution in [-0.2, 0) is 14.8 Å². The topological polar surface area (TPSA) is 119 Å². The van der Waals surface area contributed by atoms with E-state index in [0.717, 1.165) is 18.9 Å². The van der Waals surface area contributed by atoms with Gasteiger partial charge >= 0.3 is 5.97 Å². The van der Waals surface area contributed by atoms with Crippen LogP contribution in [0.5, 0.6) is 0 Å². The summed E-state index contributed by atoms with van der Waals surface area (Å²) in [6.07, 6.45) is 1.68. The van der Waals surface area contributed by atoms with E-state index in [1.165, 1.54) is 12.1 Å². The van der Waals surface area contributed by atoms with Crippen molar-refractivity contribution in [2.24, 2.45) is 0 Å². The van der Waals surface area contributed by atoms with Crippen molar-refractivity contribution < 1.29 is 23.1 Å². The Morgan fingerprint density at radius 3 is 2.76 bits per heavy atom. The Balaban J connectivity index is 2.17. The molecule has 8 heteroatoms. The number of nitrogens with two attached hydrogens (primary N) is 1. The van der Waals surface area contributed by atoms with E-state index in [4.69, 9.17) is 15.6 Å². The SMILES string of the molecule is CC1(CNS(=O)(=O)c2ccc(C(=O)O)cc2N)CCCO1. The van der Waals surface area contributed by atoms with Crippen LogP contribution in [0.3, 0.4) is 0 Å². The number of aromatic carboxylic acids is 1. The third kappa shape index (κ3) is 3.52.